The number of halogens is 3. The predicted molar refractivity (Wildman–Crippen MR) is 74.1 cm³/mol. The lowest BCUT2D eigenvalue weighted by Gasteiger charge is -2.06. The van der Waals surface area contributed by atoms with Crippen molar-refractivity contribution in [2.24, 2.45) is 0 Å². The van der Waals surface area contributed by atoms with Gasteiger partial charge in [-0.2, -0.15) is 0 Å². The normalized spacial score (nSPS) is 10.3. The average molecular weight is 327 g/mol. The molecular formula is C15H9ClF2O4. The summed E-state index contributed by atoms with van der Waals surface area (Å²) in [5.74, 6) is -4.30. The second kappa shape index (κ2) is 6.53. The number of hydrogen-bond donors (Lipinski definition) is 1. The van der Waals surface area contributed by atoms with Crippen LogP contribution in [0.2, 0.25) is 5.02 Å². The Kier molecular flexibility index (Phi) is 4.72. The van der Waals surface area contributed by atoms with Crippen LogP contribution in [-0.4, -0.2) is 23.5 Å². The van der Waals surface area contributed by atoms with Gasteiger partial charge in [0.05, 0.1) is 0 Å². The van der Waals surface area contributed by atoms with E-state index in [9.17, 15) is 23.5 Å². The molecule has 0 unspecified atom stereocenters. The Morgan fingerprint density at radius 3 is 2.45 bits per heavy atom. The summed E-state index contributed by atoms with van der Waals surface area (Å²) in [7, 11) is 0. The quantitative estimate of drug-likeness (QED) is 0.691. The van der Waals surface area contributed by atoms with Crippen molar-refractivity contribution in [2.75, 3.05) is 6.61 Å². The van der Waals surface area contributed by atoms with E-state index in [4.69, 9.17) is 16.3 Å². The summed E-state index contributed by atoms with van der Waals surface area (Å²) in [5, 5.41) is 9.78. The van der Waals surface area contributed by atoms with Gasteiger partial charge in [-0.15, -0.1) is 0 Å². The molecule has 0 spiro atoms. The molecule has 0 radical (unpaired) electrons. The van der Waals surface area contributed by atoms with Gasteiger partial charge >= 0.3 is 5.97 Å². The molecule has 2 aromatic rings. The summed E-state index contributed by atoms with van der Waals surface area (Å²) in [5.41, 5.74) is -0.297. The molecular weight excluding hydrogens is 318 g/mol. The van der Waals surface area contributed by atoms with Gasteiger partial charge in [0.15, 0.2) is 24.0 Å². The molecule has 0 saturated carbocycles. The third kappa shape index (κ3) is 3.59. The van der Waals surface area contributed by atoms with Gasteiger partial charge < -0.3 is 9.84 Å². The molecule has 0 bridgehead atoms. The maximum absolute atomic E-state index is 13.0. The average Bonchev–Trinajstić information content (AvgIpc) is 2.47. The largest absolute Gasteiger partial charge is 0.507 e. The fourth-order valence-corrected chi connectivity index (χ4v) is 1.81. The van der Waals surface area contributed by atoms with Gasteiger partial charge in [0.1, 0.15) is 11.3 Å². The molecule has 0 aliphatic heterocycles. The Morgan fingerprint density at radius 1 is 1.09 bits per heavy atom. The maximum Gasteiger partial charge on any atom is 0.342 e. The summed E-state index contributed by atoms with van der Waals surface area (Å²) in [6.07, 6.45) is 0. The zero-order valence-corrected chi connectivity index (χ0v) is 11.7. The number of ether oxygens (including phenoxy) is 1. The lowest BCUT2D eigenvalue weighted by atomic mass is 10.1. The predicted octanol–water partition coefficient (Wildman–Crippen LogP) is 3.36. The first-order chi connectivity index (χ1) is 10.4. The van der Waals surface area contributed by atoms with Gasteiger partial charge in [0.25, 0.3) is 0 Å². The summed E-state index contributed by atoms with van der Waals surface area (Å²) >= 11 is 5.62. The number of ketones is 1. The monoisotopic (exact) mass is 326 g/mol. The molecule has 2 aromatic carbocycles. The molecule has 4 nitrogen and oxygen atoms in total. The molecule has 2 rings (SSSR count). The van der Waals surface area contributed by atoms with Crippen molar-refractivity contribution < 1.29 is 28.2 Å². The number of carbonyl (C=O) groups is 2. The summed E-state index contributed by atoms with van der Waals surface area (Å²) in [4.78, 5) is 23.5. The van der Waals surface area contributed by atoms with Crippen LogP contribution in [0, 0.1) is 11.6 Å². The number of phenols is 1. The molecule has 0 atom stereocenters. The molecule has 7 heteroatoms. The van der Waals surface area contributed by atoms with Crippen LogP contribution in [-0.2, 0) is 4.74 Å². The van der Waals surface area contributed by atoms with Crippen LogP contribution in [0.15, 0.2) is 36.4 Å². The third-order valence-electron chi connectivity index (χ3n) is 2.76. The summed E-state index contributed by atoms with van der Waals surface area (Å²) in [6, 6.07) is 6.35. The summed E-state index contributed by atoms with van der Waals surface area (Å²) in [6.45, 7) is -0.675. The Labute approximate surface area is 128 Å². The van der Waals surface area contributed by atoms with Crippen molar-refractivity contribution in [3.63, 3.8) is 0 Å². The highest BCUT2D eigenvalue weighted by Crippen LogP contribution is 2.22. The lowest BCUT2D eigenvalue weighted by Crippen LogP contribution is -2.14. The molecule has 22 heavy (non-hydrogen) atoms. The number of aromatic hydroxyl groups is 1. The van der Waals surface area contributed by atoms with Crippen LogP contribution < -0.4 is 0 Å². The number of rotatable bonds is 4. The van der Waals surface area contributed by atoms with Crippen LogP contribution in [0.1, 0.15) is 20.7 Å². The van der Waals surface area contributed by atoms with E-state index in [1.54, 1.807) is 0 Å². The Hall–Kier alpha value is -2.47. The van der Waals surface area contributed by atoms with Gasteiger partial charge in [0.2, 0.25) is 0 Å². The number of hydrogen-bond acceptors (Lipinski definition) is 4. The molecule has 0 saturated heterocycles. The number of Topliss-reactive ketones (excluding diaryl/α,β-unsaturated/α-hetero) is 1. The van der Waals surface area contributed by atoms with Crippen molar-refractivity contribution in [3.8, 4) is 5.75 Å². The minimum absolute atomic E-state index is 0.132. The fraction of sp³-hybridized carbons (Fsp3) is 0.0667. The molecule has 1 N–H and O–H groups in total. The van der Waals surface area contributed by atoms with Gasteiger partial charge in [-0.25, -0.2) is 13.6 Å². The van der Waals surface area contributed by atoms with Crippen molar-refractivity contribution in [1.82, 2.24) is 0 Å². The van der Waals surface area contributed by atoms with Crippen LogP contribution in [0.25, 0.3) is 0 Å². The molecule has 0 heterocycles. The third-order valence-corrected chi connectivity index (χ3v) is 2.99. The molecule has 0 aliphatic rings. The van der Waals surface area contributed by atoms with Crippen molar-refractivity contribution in [3.05, 3.63) is 64.2 Å². The van der Waals surface area contributed by atoms with Crippen LogP contribution in [0.3, 0.4) is 0 Å². The topological polar surface area (TPSA) is 63.6 Å². The lowest BCUT2D eigenvalue weighted by molar-refractivity contribution is 0.0471. The number of benzene rings is 2. The standard InChI is InChI=1S/C15H9ClF2O4/c16-9-2-3-10(13(19)6-9)15(21)22-7-14(20)8-1-4-11(17)12(18)5-8/h1-6,19H,7H2. The summed E-state index contributed by atoms with van der Waals surface area (Å²) < 4.78 is 30.5. The molecule has 0 aromatic heterocycles. The first-order valence-electron chi connectivity index (χ1n) is 6.02. The van der Waals surface area contributed by atoms with E-state index in [0.29, 0.717) is 6.07 Å². The Bertz CT molecular complexity index is 746. The van der Waals surface area contributed by atoms with Crippen molar-refractivity contribution >= 4 is 23.4 Å². The molecule has 0 fully saturated rings. The first kappa shape index (κ1) is 15.9. The van der Waals surface area contributed by atoms with E-state index in [-0.39, 0.29) is 16.1 Å². The zero-order valence-electron chi connectivity index (χ0n) is 11.0. The number of esters is 1. The second-order valence-corrected chi connectivity index (χ2v) is 4.73. The van der Waals surface area contributed by atoms with E-state index in [1.807, 2.05) is 0 Å². The SMILES string of the molecule is O=C(COC(=O)c1ccc(Cl)cc1O)c1ccc(F)c(F)c1. The van der Waals surface area contributed by atoms with Gasteiger partial charge in [0, 0.05) is 10.6 Å². The minimum atomic E-state index is -1.17. The van der Waals surface area contributed by atoms with Crippen molar-refractivity contribution in [2.45, 2.75) is 0 Å². The Balaban J connectivity index is 2.04. The smallest absolute Gasteiger partial charge is 0.342 e. The van der Waals surface area contributed by atoms with Gasteiger partial charge in [-0.3, -0.25) is 4.79 Å². The minimum Gasteiger partial charge on any atom is -0.507 e. The fourth-order valence-electron chi connectivity index (χ4n) is 1.64. The van der Waals surface area contributed by atoms with E-state index in [2.05, 4.69) is 0 Å². The van der Waals surface area contributed by atoms with Crippen LogP contribution in [0.4, 0.5) is 8.78 Å². The molecule has 114 valence electrons. The highest BCUT2D eigenvalue weighted by atomic mass is 35.5. The molecule has 0 amide bonds. The van der Waals surface area contributed by atoms with E-state index in [0.717, 1.165) is 18.2 Å². The van der Waals surface area contributed by atoms with E-state index in [1.165, 1.54) is 12.1 Å². The molecule has 0 aliphatic carbocycles. The van der Waals surface area contributed by atoms with E-state index < -0.39 is 35.7 Å². The van der Waals surface area contributed by atoms with Gasteiger partial charge in [-0.1, -0.05) is 11.6 Å². The zero-order chi connectivity index (χ0) is 16.3. The highest BCUT2D eigenvalue weighted by Gasteiger charge is 2.16. The maximum atomic E-state index is 13.0. The number of carbonyl (C=O) groups excluding carboxylic acids is 2. The Morgan fingerprint density at radius 2 is 1.82 bits per heavy atom. The highest BCUT2D eigenvalue weighted by molar-refractivity contribution is 6.30. The van der Waals surface area contributed by atoms with Crippen LogP contribution in [0.5, 0.6) is 5.75 Å². The van der Waals surface area contributed by atoms with E-state index >= 15 is 0 Å². The van der Waals surface area contributed by atoms with Crippen molar-refractivity contribution in [1.29, 1.82) is 0 Å². The second-order valence-electron chi connectivity index (χ2n) is 4.29. The van der Waals surface area contributed by atoms with Crippen LogP contribution >= 0.6 is 11.6 Å². The number of phenolic OH excluding ortho intramolecular Hbond substituents is 1. The first-order valence-corrected chi connectivity index (χ1v) is 6.40. The van der Waals surface area contributed by atoms with Gasteiger partial charge in [-0.05, 0) is 36.4 Å².